The van der Waals surface area contributed by atoms with Gasteiger partial charge in [0.2, 0.25) is 11.8 Å². The van der Waals surface area contributed by atoms with E-state index in [0.717, 1.165) is 0 Å². The van der Waals surface area contributed by atoms with Crippen molar-refractivity contribution < 1.29 is 14.0 Å². The lowest BCUT2D eigenvalue weighted by Gasteiger charge is -2.17. The molecule has 0 spiro atoms. The summed E-state index contributed by atoms with van der Waals surface area (Å²) in [5.74, 6) is -0.877. The third-order valence-corrected chi connectivity index (χ3v) is 3.69. The molecule has 7 heteroatoms. The normalized spacial score (nSPS) is 14.0. The van der Waals surface area contributed by atoms with Crippen molar-refractivity contribution in [2.45, 2.75) is 6.42 Å². The molecule has 0 atom stereocenters. The van der Waals surface area contributed by atoms with Gasteiger partial charge in [-0.2, -0.15) is 0 Å². The average molecular weight is 309 g/mol. The van der Waals surface area contributed by atoms with Crippen LogP contribution in [-0.4, -0.2) is 47.8 Å². The first-order valence-corrected chi connectivity index (χ1v) is 7.72. The van der Waals surface area contributed by atoms with Crippen LogP contribution in [0.2, 0.25) is 0 Å². The molecule has 1 aromatic carbocycles. The fourth-order valence-electron chi connectivity index (χ4n) is 2.00. The molecule has 1 N–H and O–H groups in total. The van der Waals surface area contributed by atoms with Gasteiger partial charge in [0.25, 0.3) is 0 Å². The van der Waals surface area contributed by atoms with Crippen LogP contribution in [0.3, 0.4) is 0 Å². The highest BCUT2D eigenvalue weighted by Gasteiger charge is 2.22. The second kappa shape index (κ2) is 7.21. The maximum absolute atomic E-state index is 13.0. The fourth-order valence-corrected chi connectivity index (χ4v) is 2.63. The van der Waals surface area contributed by atoms with Crippen LogP contribution in [-0.2, 0) is 16.0 Å². The first-order chi connectivity index (χ1) is 10.1. The molecule has 0 aliphatic carbocycles. The minimum Gasteiger partial charge on any atom is -0.347 e. The molecule has 0 radical (unpaired) electrons. The van der Waals surface area contributed by atoms with Crippen LogP contribution in [0.1, 0.15) is 5.56 Å². The van der Waals surface area contributed by atoms with Gasteiger partial charge in [-0.1, -0.05) is 23.9 Å². The molecular weight excluding hydrogens is 293 g/mol. The monoisotopic (exact) mass is 309 g/mol. The van der Waals surface area contributed by atoms with E-state index in [1.807, 2.05) is 6.26 Å². The zero-order valence-corrected chi connectivity index (χ0v) is 12.5. The number of amidine groups is 1. The second-order valence-electron chi connectivity index (χ2n) is 4.50. The van der Waals surface area contributed by atoms with Crippen LogP contribution in [0.25, 0.3) is 0 Å². The van der Waals surface area contributed by atoms with Crippen LogP contribution in [0, 0.1) is 5.82 Å². The van der Waals surface area contributed by atoms with E-state index >= 15 is 0 Å². The molecule has 2 amide bonds. The van der Waals surface area contributed by atoms with E-state index in [0.29, 0.717) is 23.8 Å². The maximum Gasteiger partial charge on any atom is 0.247 e. The van der Waals surface area contributed by atoms with Gasteiger partial charge in [-0.25, -0.2) is 4.39 Å². The van der Waals surface area contributed by atoms with E-state index in [-0.39, 0.29) is 30.6 Å². The number of carbonyl (C=O) groups excluding carboxylic acids is 2. The Bertz CT molecular complexity index is 577. The Balaban J connectivity index is 1.81. The van der Waals surface area contributed by atoms with E-state index in [1.54, 1.807) is 17.0 Å². The van der Waals surface area contributed by atoms with E-state index in [9.17, 15) is 14.0 Å². The molecular formula is C14H16FN3O2S. The van der Waals surface area contributed by atoms with Gasteiger partial charge >= 0.3 is 0 Å². The summed E-state index contributed by atoms with van der Waals surface area (Å²) in [4.78, 5) is 29.5. The smallest absolute Gasteiger partial charge is 0.247 e. The summed E-state index contributed by atoms with van der Waals surface area (Å²) in [6, 6.07) is 5.85. The number of nitrogens with zero attached hydrogens (tertiary/aromatic N) is 2. The summed E-state index contributed by atoms with van der Waals surface area (Å²) in [6.45, 7) is 1.07. The summed E-state index contributed by atoms with van der Waals surface area (Å²) in [5.41, 5.74) is 0.576. The van der Waals surface area contributed by atoms with E-state index in [2.05, 4.69) is 10.3 Å². The first-order valence-electron chi connectivity index (χ1n) is 6.50. The lowest BCUT2D eigenvalue weighted by molar-refractivity contribution is -0.129. The Kier molecular flexibility index (Phi) is 5.32. The number of aliphatic imine (C=N–C) groups is 1. The van der Waals surface area contributed by atoms with Crippen LogP contribution in [0.5, 0.6) is 0 Å². The van der Waals surface area contributed by atoms with Gasteiger partial charge in [0.1, 0.15) is 5.82 Å². The Morgan fingerprint density at radius 2 is 2.29 bits per heavy atom. The van der Waals surface area contributed by atoms with Crippen LogP contribution >= 0.6 is 11.8 Å². The number of thioether (sulfide) groups is 1. The molecule has 0 saturated carbocycles. The van der Waals surface area contributed by atoms with E-state index in [1.165, 1.54) is 23.9 Å². The lowest BCUT2D eigenvalue weighted by atomic mass is 10.1. The van der Waals surface area contributed by atoms with Crippen molar-refractivity contribution in [1.82, 2.24) is 10.2 Å². The zero-order chi connectivity index (χ0) is 15.2. The summed E-state index contributed by atoms with van der Waals surface area (Å²) < 4.78 is 13.0. The number of benzene rings is 1. The Labute approximate surface area is 126 Å². The Morgan fingerprint density at radius 1 is 1.48 bits per heavy atom. The minimum atomic E-state index is -0.380. The largest absolute Gasteiger partial charge is 0.347 e. The van der Waals surface area contributed by atoms with Crippen molar-refractivity contribution in [2.75, 3.05) is 25.9 Å². The molecule has 0 bridgehead atoms. The summed E-state index contributed by atoms with van der Waals surface area (Å²) in [5, 5.41) is 3.24. The summed E-state index contributed by atoms with van der Waals surface area (Å²) >= 11 is 1.41. The summed E-state index contributed by atoms with van der Waals surface area (Å²) in [6.07, 6.45) is 1.90. The summed E-state index contributed by atoms with van der Waals surface area (Å²) in [7, 11) is 0. The van der Waals surface area contributed by atoms with Crippen molar-refractivity contribution >= 4 is 28.7 Å². The van der Waals surface area contributed by atoms with Crippen LogP contribution in [0.4, 0.5) is 4.39 Å². The molecule has 2 rings (SSSR count). The molecule has 0 unspecified atom stereocenters. The first kappa shape index (κ1) is 15.5. The highest BCUT2D eigenvalue weighted by molar-refractivity contribution is 8.13. The molecule has 1 aliphatic heterocycles. The predicted molar refractivity (Wildman–Crippen MR) is 80.6 cm³/mol. The third kappa shape index (κ3) is 4.29. The number of amides is 2. The number of carbonyl (C=O) groups is 2. The van der Waals surface area contributed by atoms with Gasteiger partial charge in [-0.15, -0.1) is 0 Å². The van der Waals surface area contributed by atoms with Crippen molar-refractivity contribution in [1.29, 1.82) is 0 Å². The predicted octanol–water partition coefficient (Wildman–Crippen LogP) is 1.05. The molecule has 112 valence electrons. The Hall–Kier alpha value is -1.89. The van der Waals surface area contributed by atoms with Gasteiger partial charge in [-0.05, 0) is 24.0 Å². The molecule has 0 saturated heterocycles. The van der Waals surface area contributed by atoms with Crippen molar-refractivity contribution in [3.8, 4) is 0 Å². The van der Waals surface area contributed by atoms with Gasteiger partial charge in [0.05, 0.1) is 19.5 Å². The molecule has 1 heterocycles. The maximum atomic E-state index is 13.0. The fraction of sp³-hybridized carbons (Fsp3) is 0.357. The molecule has 1 aliphatic rings. The molecule has 0 aromatic heterocycles. The number of rotatable bonds is 4. The number of hydrogen-bond acceptors (Lipinski definition) is 4. The number of nitrogens with one attached hydrogen (secondary N) is 1. The van der Waals surface area contributed by atoms with Gasteiger partial charge < -0.3 is 5.32 Å². The molecule has 5 nitrogen and oxygen atoms in total. The van der Waals surface area contributed by atoms with Gasteiger partial charge in [0, 0.05) is 6.54 Å². The minimum absolute atomic E-state index is 0.0501. The highest BCUT2D eigenvalue weighted by atomic mass is 32.2. The lowest BCUT2D eigenvalue weighted by Crippen LogP contribution is -2.41. The Morgan fingerprint density at radius 3 is 3.00 bits per heavy atom. The van der Waals surface area contributed by atoms with E-state index in [4.69, 9.17) is 0 Å². The standard InChI is InChI=1S/C14H16FN3O2S/c1-21-14-16-5-6-18(14)13(20)9-17-12(19)8-10-3-2-4-11(15)7-10/h2-4,7H,5-6,8-9H2,1H3,(H,17,19). The SMILES string of the molecule is CSC1=NCCN1C(=O)CNC(=O)Cc1cccc(F)c1. The van der Waals surface area contributed by atoms with Gasteiger partial charge in [-0.3, -0.25) is 19.5 Å². The number of halogens is 1. The highest BCUT2D eigenvalue weighted by Crippen LogP contribution is 2.11. The third-order valence-electron chi connectivity index (χ3n) is 2.98. The topological polar surface area (TPSA) is 61.8 Å². The van der Waals surface area contributed by atoms with Crippen molar-refractivity contribution in [3.05, 3.63) is 35.6 Å². The number of hydrogen-bond donors (Lipinski definition) is 1. The quantitative estimate of drug-likeness (QED) is 0.904. The zero-order valence-electron chi connectivity index (χ0n) is 11.6. The van der Waals surface area contributed by atoms with E-state index < -0.39 is 0 Å². The average Bonchev–Trinajstić information content (AvgIpc) is 2.93. The van der Waals surface area contributed by atoms with Crippen LogP contribution < -0.4 is 5.32 Å². The molecule has 0 fully saturated rings. The van der Waals surface area contributed by atoms with Gasteiger partial charge in [0.15, 0.2) is 5.17 Å². The molecule has 1 aromatic rings. The molecule has 21 heavy (non-hydrogen) atoms. The van der Waals surface area contributed by atoms with Crippen LogP contribution in [0.15, 0.2) is 29.3 Å². The van der Waals surface area contributed by atoms with Crippen molar-refractivity contribution in [2.24, 2.45) is 4.99 Å². The van der Waals surface area contributed by atoms with Crippen molar-refractivity contribution in [3.63, 3.8) is 0 Å². The second-order valence-corrected chi connectivity index (χ2v) is 5.27.